The van der Waals surface area contributed by atoms with Crippen LogP contribution in [0, 0.1) is 0 Å². The minimum atomic E-state index is -0.939. The van der Waals surface area contributed by atoms with E-state index in [1.807, 2.05) is 54.7 Å². The maximum atomic E-state index is 11.0. The second-order valence-electron chi connectivity index (χ2n) is 9.16. The molecule has 0 saturated heterocycles. The van der Waals surface area contributed by atoms with E-state index in [4.69, 9.17) is 38.0 Å². The summed E-state index contributed by atoms with van der Waals surface area (Å²) in [6.45, 7) is 3.23. The number of imidazole rings is 1. The Labute approximate surface area is 242 Å². The van der Waals surface area contributed by atoms with Crippen LogP contribution in [0.15, 0.2) is 97.2 Å². The van der Waals surface area contributed by atoms with Crippen LogP contribution in [0.5, 0.6) is 5.75 Å². The van der Waals surface area contributed by atoms with Gasteiger partial charge in [0.2, 0.25) is 0 Å². The van der Waals surface area contributed by atoms with Crippen LogP contribution in [-0.2, 0) is 13.2 Å². The highest BCUT2D eigenvalue weighted by molar-refractivity contribution is 6.36. The Kier molecular flexibility index (Phi) is 8.34. The smallest absolute Gasteiger partial charge is 0.335 e. The molecular weight excluding hydrogens is 543 g/mol. The second-order valence-corrected chi connectivity index (χ2v) is 10.0. The number of aryl methyl sites for hydroxylation is 1. The zero-order valence-electron chi connectivity index (χ0n) is 21.7. The lowest BCUT2D eigenvalue weighted by molar-refractivity contribution is 0.0697. The van der Waals surface area contributed by atoms with Gasteiger partial charge in [-0.2, -0.15) is 0 Å². The van der Waals surface area contributed by atoms with E-state index >= 15 is 0 Å². The molecule has 4 aromatic carbocycles. The molecule has 0 aliphatic rings. The summed E-state index contributed by atoms with van der Waals surface area (Å²) in [5.74, 6) is 0.655. The maximum Gasteiger partial charge on any atom is 0.335 e. The highest BCUT2D eigenvalue weighted by Crippen LogP contribution is 2.30. The number of carboxylic acids is 1. The molecule has 7 heteroatoms. The summed E-state index contributed by atoms with van der Waals surface area (Å²) in [5.41, 5.74) is 6.07. The van der Waals surface area contributed by atoms with Crippen molar-refractivity contribution < 1.29 is 14.6 Å². The molecule has 0 unspecified atom stereocenters. The number of carbonyl (C=O) groups is 1. The van der Waals surface area contributed by atoms with E-state index in [1.54, 1.807) is 30.3 Å². The van der Waals surface area contributed by atoms with Gasteiger partial charge in [-0.05, 0) is 77.7 Å². The van der Waals surface area contributed by atoms with Crippen molar-refractivity contribution >= 4 is 41.3 Å². The molecule has 0 spiro atoms. The lowest BCUT2D eigenvalue weighted by Gasteiger charge is -2.08. The Morgan fingerprint density at radius 2 is 1.57 bits per heavy atom. The van der Waals surface area contributed by atoms with Crippen molar-refractivity contribution in [2.45, 2.75) is 20.1 Å². The van der Waals surface area contributed by atoms with Crippen molar-refractivity contribution in [3.63, 3.8) is 0 Å². The van der Waals surface area contributed by atoms with Crippen molar-refractivity contribution in [1.82, 2.24) is 9.55 Å². The van der Waals surface area contributed by atoms with Gasteiger partial charge in [-0.15, -0.1) is 0 Å². The largest absolute Gasteiger partial charge is 0.489 e. The van der Waals surface area contributed by atoms with E-state index in [-0.39, 0.29) is 5.56 Å². The predicted octanol–water partition coefficient (Wildman–Crippen LogP) is 8.99. The number of rotatable bonds is 9. The van der Waals surface area contributed by atoms with Gasteiger partial charge in [0.15, 0.2) is 0 Å². The average Bonchev–Trinajstić information content (AvgIpc) is 3.38. The molecular formula is C33H26Cl2N2O3. The van der Waals surface area contributed by atoms with Gasteiger partial charge in [-0.1, -0.05) is 77.8 Å². The monoisotopic (exact) mass is 568 g/mol. The molecule has 0 aliphatic carbocycles. The molecule has 5 aromatic rings. The molecule has 200 valence electrons. The van der Waals surface area contributed by atoms with Gasteiger partial charge in [0.1, 0.15) is 18.2 Å². The number of aromatic nitrogens is 2. The summed E-state index contributed by atoms with van der Waals surface area (Å²) < 4.78 is 7.94. The van der Waals surface area contributed by atoms with Gasteiger partial charge < -0.3 is 14.4 Å². The van der Waals surface area contributed by atoms with Crippen LogP contribution in [0.1, 0.15) is 34.2 Å². The van der Waals surface area contributed by atoms with Gasteiger partial charge >= 0.3 is 5.97 Å². The predicted molar refractivity (Wildman–Crippen MR) is 162 cm³/mol. The SMILES string of the molecule is CCn1cc(-c2ccc(Cl)cc2Cl)nc1/C=C/c1ccc(-c2ccc(OCc3ccc(C(=O)O)cc3)cc2)cc1. The van der Waals surface area contributed by atoms with Crippen LogP contribution in [-0.4, -0.2) is 20.6 Å². The van der Waals surface area contributed by atoms with E-state index in [2.05, 4.69) is 35.8 Å². The van der Waals surface area contributed by atoms with E-state index in [1.165, 1.54) is 0 Å². The Morgan fingerprint density at radius 1 is 0.900 bits per heavy atom. The van der Waals surface area contributed by atoms with Crippen LogP contribution >= 0.6 is 23.2 Å². The van der Waals surface area contributed by atoms with Crippen molar-refractivity contribution in [1.29, 1.82) is 0 Å². The summed E-state index contributed by atoms with van der Waals surface area (Å²) in [6, 6.07) is 28.4. The number of aromatic carboxylic acids is 1. The molecule has 1 N–H and O–H groups in total. The first-order chi connectivity index (χ1) is 19.4. The second kappa shape index (κ2) is 12.2. The fraction of sp³-hybridized carbons (Fsp3) is 0.0909. The van der Waals surface area contributed by atoms with Crippen molar-refractivity contribution in [3.05, 3.63) is 130 Å². The molecule has 0 saturated carbocycles. The molecule has 1 aromatic heterocycles. The minimum absolute atomic E-state index is 0.260. The van der Waals surface area contributed by atoms with E-state index in [0.29, 0.717) is 16.7 Å². The number of benzene rings is 4. The number of hydrogen-bond acceptors (Lipinski definition) is 3. The molecule has 0 amide bonds. The summed E-state index contributed by atoms with van der Waals surface area (Å²) in [4.78, 5) is 15.8. The summed E-state index contributed by atoms with van der Waals surface area (Å²) >= 11 is 12.4. The summed E-state index contributed by atoms with van der Waals surface area (Å²) in [6.07, 6.45) is 6.05. The van der Waals surface area contributed by atoms with E-state index in [9.17, 15) is 4.79 Å². The maximum absolute atomic E-state index is 11.0. The molecule has 1 heterocycles. The third-order valence-corrected chi connectivity index (χ3v) is 7.03. The van der Waals surface area contributed by atoms with Gasteiger partial charge in [0, 0.05) is 23.3 Å². The van der Waals surface area contributed by atoms with Crippen LogP contribution < -0.4 is 4.74 Å². The standard InChI is InChI=1S/C33H26Cl2N2O3/c1-2-37-20-31(29-17-14-27(34)19-30(29)35)36-32(37)18-7-22-3-8-24(9-4-22)25-12-15-28(16-13-25)40-21-23-5-10-26(11-6-23)33(38)39/h3-20H,2,21H2,1H3,(H,38,39)/b18-7+. The number of hydrogen-bond donors (Lipinski definition) is 1. The van der Waals surface area contributed by atoms with Crippen molar-refractivity contribution in [3.8, 4) is 28.1 Å². The van der Waals surface area contributed by atoms with Gasteiger partial charge in [-0.3, -0.25) is 0 Å². The molecule has 5 rings (SSSR count). The molecule has 40 heavy (non-hydrogen) atoms. The van der Waals surface area contributed by atoms with Crippen molar-refractivity contribution in [2.24, 2.45) is 0 Å². The minimum Gasteiger partial charge on any atom is -0.489 e. The third-order valence-electron chi connectivity index (χ3n) is 6.48. The third kappa shape index (κ3) is 6.45. The van der Waals surface area contributed by atoms with Gasteiger partial charge in [0.25, 0.3) is 0 Å². The fourth-order valence-electron chi connectivity index (χ4n) is 4.25. The molecule has 0 bridgehead atoms. The molecule has 0 fully saturated rings. The Bertz CT molecular complexity index is 1660. The zero-order chi connectivity index (χ0) is 28.1. The number of carboxylic acid groups (broad SMARTS) is 1. The van der Waals surface area contributed by atoms with E-state index < -0.39 is 5.97 Å². The van der Waals surface area contributed by atoms with Gasteiger partial charge in [0.05, 0.1) is 16.3 Å². The molecule has 5 nitrogen and oxygen atoms in total. The number of halogens is 2. The first-order valence-corrected chi connectivity index (χ1v) is 13.5. The Balaban J connectivity index is 1.23. The quantitative estimate of drug-likeness (QED) is 0.192. The highest BCUT2D eigenvalue weighted by Gasteiger charge is 2.11. The fourth-order valence-corrected chi connectivity index (χ4v) is 4.76. The molecule has 0 aliphatic heterocycles. The zero-order valence-corrected chi connectivity index (χ0v) is 23.2. The normalized spacial score (nSPS) is 11.2. The Morgan fingerprint density at radius 3 is 2.20 bits per heavy atom. The topological polar surface area (TPSA) is 64.4 Å². The van der Waals surface area contributed by atoms with Crippen LogP contribution in [0.2, 0.25) is 10.0 Å². The van der Waals surface area contributed by atoms with Gasteiger partial charge in [-0.25, -0.2) is 9.78 Å². The lowest BCUT2D eigenvalue weighted by Crippen LogP contribution is -1.98. The summed E-state index contributed by atoms with van der Waals surface area (Å²) in [5, 5.41) is 10.2. The van der Waals surface area contributed by atoms with E-state index in [0.717, 1.165) is 51.6 Å². The van der Waals surface area contributed by atoms with Crippen LogP contribution in [0.3, 0.4) is 0 Å². The van der Waals surface area contributed by atoms with Crippen LogP contribution in [0.4, 0.5) is 0 Å². The first-order valence-electron chi connectivity index (χ1n) is 12.8. The Hall–Kier alpha value is -4.32. The average molecular weight is 569 g/mol. The summed E-state index contributed by atoms with van der Waals surface area (Å²) in [7, 11) is 0. The number of ether oxygens (including phenoxy) is 1. The number of nitrogens with zero attached hydrogens (tertiary/aromatic N) is 2. The first kappa shape index (κ1) is 27.3. The van der Waals surface area contributed by atoms with Crippen LogP contribution in [0.25, 0.3) is 34.5 Å². The molecule has 0 radical (unpaired) electrons. The highest BCUT2D eigenvalue weighted by atomic mass is 35.5. The van der Waals surface area contributed by atoms with Crippen molar-refractivity contribution in [2.75, 3.05) is 0 Å². The lowest BCUT2D eigenvalue weighted by atomic mass is 10.0. The molecule has 0 atom stereocenters.